The van der Waals surface area contributed by atoms with E-state index < -0.39 is 0 Å². The molecule has 1 nitrogen and oxygen atoms in total. The second-order valence-electron chi connectivity index (χ2n) is 4.00. The molecule has 1 aliphatic rings. The van der Waals surface area contributed by atoms with Gasteiger partial charge in [0.05, 0.1) is 0 Å². The third kappa shape index (κ3) is 3.92. The molecule has 3 heteroatoms. The van der Waals surface area contributed by atoms with Crippen LogP contribution in [0.4, 0.5) is 0 Å². The average Bonchev–Trinajstić information content (AvgIpc) is 2.16. The largest absolute Gasteiger partial charge is 0.491 e. The van der Waals surface area contributed by atoms with Crippen molar-refractivity contribution in [2.75, 3.05) is 0 Å². The number of halogens is 2. The predicted molar refractivity (Wildman–Crippen MR) is 66.0 cm³/mol. The molecule has 0 aliphatic heterocycles. The highest BCUT2D eigenvalue weighted by atomic mass is 35.5. The Kier molecular flexibility index (Phi) is 4.75. The predicted octanol–water partition coefficient (Wildman–Crippen LogP) is 4.58. The van der Waals surface area contributed by atoms with Gasteiger partial charge in [0.1, 0.15) is 16.9 Å². The van der Waals surface area contributed by atoms with Gasteiger partial charge in [0.2, 0.25) is 0 Å². The number of ether oxygens (including phenoxy) is 1. The van der Waals surface area contributed by atoms with Gasteiger partial charge in [0.15, 0.2) is 0 Å². The van der Waals surface area contributed by atoms with Gasteiger partial charge >= 0.3 is 0 Å². The van der Waals surface area contributed by atoms with Crippen LogP contribution in [0.25, 0.3) is 0 Å². The van der Waals surface area contributed by atoms with Gasteiger partial charge in [-0.05, 0) is 38.2 Å². The van der Waals surface area contributed by atoms with Crippen molar-refractivity contribution in [1.82, 2.24) is 0 Å². The Bertz CT molecular complexity index is 301. The highest BCUT2D eigenvalue weighted by Gasteiger charge is 2.22. The Hall–Kier alpha value is -0.400. The second-order valence-corrected chi connectivity index (χ2v) is 5.00. The maximum Gasteiger partial charge on any atom is 0.141 e. The van der Waals surface area contributed by atoms with Crippen LogP contribution in [0, 0.1) is 5.92 Å². The van der Waals surface area contributed by atoms with E-state index in [1.807, 2.05) is 0 Å². The minimum Gasteiger partial charge on any atom is -0.491 e. The average molecular weight is 247 g/mol. The lowest BCUT2D eigenvalue weighted by Gasteiger charge is -2.28. The molecule has 0 aromatic rings. The molecule has 0 amide bonds. The van der Waals surface area contributed by atoms with Crippen LogP contribution < -0.4 is 0 Å². The number of allylic oxidation sites excluding steroid dienone is 2. The smallest absolute Gasteiger partial charge is 0.141 e. The van der Waals surface area contributed by atoms with E-state index in [9.17, 15) is 0 Å². The number of hydrogen-bond donors (Lipinski definition) is 0. The summed E-state index contributed by atoms with van der Waals surface area (Å²) in [5, 5.41) is 0. The van der Waals surface area contributed by atoms with Crippen molar-refractivity contribution in [3.05, 3.63) is 34.6 Å². The molecule has 0 bridgehead atoms. The van der Waals surface area contributed by atoms with E-state index in [1.54, 1.807) is 0 Å². The van der Waals surface area contributed by atoms with E-state index >= 15 is 0 Å². The van der Waals surface area contributed by atoms with Crippen molar-refractivity contribution < 1.29 is 4.74 Å². The Morgan fingerprint density at radius 1 is 1.60 bits per heavy atom. The van der Waals surface area contributed by atoms with E-state index in [2.05, 4.69) is 26.5 Å². The Morgan fingerprint density at radius 2 is 2.27 bits per heavy atom. The lowest BCUT2D eigenvalue weighted by Crippen LogP contribution is -2.21. The van der Waals surface area contributed by atoms with Gasteiger partial charge in [-0.1, -0.05) is 41.4 Å². The van der Waals surface area contributed by atoms with Crippen LogP contribution in [0.3, 0.4) is 0 Å². The van der Waals surface area contributed by atoms with Gasteiger partial charge < -0.3 is 4.74 Å². The van der Waals surface area contributed by atoms with Gasteiger partial charge in [0, 0.05) is 0 Å². The van der Waals surface area contributed by atoms with Gasteiger partial charge in [0.25, 0.3) is 0 Å². The summed E-state index contributed by atoms with van der Waals surface area (Å²) >= 11 is 11.0. The highest BCUT2D eigenvalue weighted by Crippen LogP contribution is 2.30. The van der Waals surface area contributed by atoms with Crippen LogP contribution in [-0.4, -0.2) is 6.10 Å². The fraction of sp³-hybridized carbons (Fsp3) is 0.500. The summed E-state index contributed by atoms with van der Waals surface area (Å²) in [6.45, 7) is 8.10. The lowest BCUT2D eigenvalue weighted by atomic mass is 9.84. The number of hydrogen-bond acceptors (Lipinski definition) is 1. The molecule has 0 saturated heterocycles. The summed E-state index contributed by atoms with van der Waals surface area (Å²) in [6.07, 6.45) is 5.68. The SMILES string of the molecule is C=C(C)[C@@H]1CC=C(C)[C@H](OC=C(Cl)Cl)C1. The molecule has 0 spiro atoms. The fourth-order valence-corrected chi connectivity index (χ4v) is 1.80. The molecule has 1 rings (SSSR count). The summed E-state index contributed by atoms with van der Waals surface area (Å²) in [5.74, 6) is 0.501. The minimum absolute atomic E-state index is 0.0768. The summed E-state index contributed by atoms with van der Waals surface area (Å²) in [5.41, 5.74) is 2.44. The van der Waals surface area contributed by atoms with Gasteiger partial charge in [-0.25, -0.2) is 0 Å². The quantitative estimate of drug-likeness (QED) is 0.524. The van der Waals surface area contributed by atoms with E-state index in [0.29, 0.717) is 5.92 Å². The monoisotopic (exact) mass is 246 g/mol. The summed E-state index contributed by atoms with van der Waals surface area (Å²) < 4.78 is 5.65. The molecule has 15 heavy (non-hydrogen) atoms. The Morgan fingerprint density at radius 3 is 2.80 bits per heavy atom. The minimum atomic E-state index is 0.0768. The van der Waals surface area contributed by atoms with Gasteiger partial charge in [-0.3, -0.25) is 0 Å². The summed E-state index contributed by atoms with van der Waals surface area (Å²) in [4.78, 5) is 0. The van der Waals surface area contributed by atoms with E-state index in [0.717, 1.165) is 12.8 Å². The molecule has 84 valence electrons. The van der Waals surface area contributed by atoms with Crippen molar-refractivity contribution in [3.8, 4) is 0 Å². The molecular weight excluding hydrogens is 231 g/mol. The molecule has 1 aliphatic carbocycles. The maximum absolute atomic E-state index is 5.51. The van der Waals surface area contributed by atoms with Crippen molar-refractivity contribution >= 4 is 23.2 Å². The highest BCUT2D eigenvalue weighted by molar-refractivity contribution is 6.55. The Balaban J connectivity index is 2.64. The van der Waals surface area contributed by atoms with Crippen molar-refractivity contribution in [1.29, 1.82) is 0 Å². The zero-order valence-corrected chi connectivity index (χ0v) is 10.6. The zero-order chi connectivity index (χ0) is 11.4. The third-order valence-corrected chi connectivity index (χ3v) is 2.93. The first-order valence-electron chi connectivity index (χ1n) is 4.99. The van der Waals surface area contributed by atoms with E-state index in [1.165, 1.54) is 17.4 Å². The second kappa shape index (κ2) is 5.62. The molecular formula is C12H16Cl2O. The first kappa shape index (κ1) is 12.7. The molecule has 0 aromatic heterocycles. The lowest BCUT2D eigenvalue weighted by molar-refractivity contribution is 0.146. The molecule has 0 aromatic carbocycles. The van der Waals surface area contributed by atoms with Gasteiger partial charge in [-0.15, -0.1) is 0 Å². The third-order valence-electron chi connectivity index (χ3n) is 2.75. The standard InChI is InChI=1S/C12H16Cl2O/c1-8(2)10-5-4-9(3)11(6-10)15-7-12(13)14/h4,7,10-11H,1,5-6H2,2-3H3/t10-,11-/m1/s1. The fourth-order valence-electron chi connectivity index (χ4n) is 1.70. The van der Waals surface area contributed by atoms with Crippen LogP contribution in [0.1, 0.15) is 26.7 Å². The zero-order valence-electron chi connectivity index (χ0n) is 9.09. The van der Waals surface area contributed by atoms with E-state index in [-0.39, 0.29) is 10.6 Å². The summed E-state index contributed by atoms with van der Waals surface area (Å²) in [7, 11) is 0. The molecule has 2 atom stereocenters. The molecule has 0 heterocycles. The molecule has 0 N–H and O–H groups in total. The molecule has 0 fully saturated rings. The normalized spacial score (nSPS) is 25.5. The molecule has 0 unspecified atom stereocenters. The van der Waals surface area contributed by atoms with Crippen LogP contribution in [0.5, 0.6) is 0 Å². The first-order valence-corrected chi connectivity index (χ1v) is 5.75. The van der Waals surface area contributed by atoms with Crippen LogP contribution in [-0.2, 0) is 4.74 Å². The summed E-state index contributed by atoms with van der Waals surface area (Å²) in [6, 6.07) is 0. The van der Waals surface area contributed by atoms with Crippen molar-refractivity contribution in [2.24, 2.45) is 5.92 Å². The number of rotatable bonds is 3. The van der Waals surface area contributed by atoms with Gasteiger partial charge in [-0.2, -0.15) is 0 Å². The van der Waals surface area contributed by atoms with E-state index in [4.69, 9.17) is 27.9 Å². The Labute approximate surface area is 101 Å². The van der Waals surface area contributed by atoms with Crippen molar-refractivity contribution in [2.45, 2.75) is 32.8 Å². The van der Waals surface area contributed by atoms with Crippen LogP contribution >= 0.6 is 23.2 Å². The molecule has 0 radical (unpaired) electrons. The van der Waals surface area contributed by atoms with Crippen molar-refractivity contribution in [3.63, 3.8) is 0 Å². The topological polar surface area (TPSA) is 9.23 Å². The molecule has 0 saturated carbocycles. The van der Waals surface area contributed by atoms with Crippen LogP contribution in [0.2, 0.25) is 0 Å². The maximum atomic E-state index is 5.51. The first-order chi connectivity index (χ1) is 7.00. The van der Waals surface area contributed by atoms with Crippen LogP contribution in [0.15, 0.2) is 34.6 Å².